The van der Waals surface area contributed by atoms with Gasteiger partial charge in [-0.25, -0.2) is 15.0 Å². The Labute approximate surface area is 84.7 Å². The summed E-state index contributed by atoms with van der Waals surface area (Å²) in [6.07, 6.45) is 6.00. The number of nitrogens with zero attached hydrogens (tertiary/aromatic N) is 3. The second kappa shape index (κ2) is 4.06. The zero-order valence-corrected chi connectivity index (χ0v) is 7.81. The second-order valence-electron chi connectivity index (χ2n) is 2.40. The Morgan fingerprint density at radius 1 is 1.29 bits per heavy atom. The van der Waals surface area contributed by atoms with Crippen molar-refractivity contribution in [3.8, 4) is 5.75 Å². The molecule has 2 aromatic heterocycles. The lowest BCUT2D eigenvalue weighted by molar-refractivity contribution is 0.261. The standard InChI is InChI=1S/C8H6ClN3O2/c9-8-11-3-6(4-12-8)14-5-7-10-1-2-13-7/h1-4H,5H2. The maximum atomic E-state index is 5.50. The minimum atomic E-state index is 0.188. The van der Waals surface area contributed by atoms with E-state index in [4.69, 9.17) is 20.8 Å². The van der Waals surface area contributed by atoms with Gasteiger partial charge in [0.2, 0.25) is 11.2 Å². The molecule has 14 heavy (non-hydrogen) atoms. The smallest absolute Gasteiger partial charge is 0.232 e. The zero-order chi connectivity index (χ0) is 9.80. The van der Waals surface area contributed by atoms with Crippen LogP contribution in [-0.4, -0.2) is 15.0 Å². The van der Waals surface area contributed by atoms with E-state index in [9.17, 15) is 0 Å². The molecule has 0 radical (unpaired) electrons. The maximum Gasteiger partial charge on any atom is 0.232 e. The van der Waals surface area contributed by atoms with Crippen molar-refractivity contribution in [2.24, 2.45) is 0 Å². The lowest BCUT2D eigenvalue weighted by Gasteiger charge is -2.01. The molecule has 0 amide bonds. The highest BCUT2D eigenvalue weighted by Gasteiger charge is 2.00. The second-order valence-corrected chi connectivity index (χ2v) is 2.74. The van der Waals surface area contributed by atoms with E-state index in [2.05, 4.69) is 15.0 Å². The molecule has 0 bridgehead atoms. The van der Waals surface area contributed by atoms with E-state index in [1.165, 1.54) is 18.7 Å². The number of ether oxygens (including phenoxy) is 1. The third-order valence-electron chi connectivity index (χ3n) is 1.44. The average Bonchev–Trinajstić information content (AvgIpc) is 2.70. The molecular formula is C8H6ClN3O2. The molecule has 2 heterocycles. The number of rotatable bonds is 3. The molecule has 5 nitrogen and oxygen atoms in total. The number of aromatic nitrogens is 3. The van der Waals surface area contributed by atoms with Crippen molar-refractivity contribution in [2.75, 3.05) is 0 Å². The van der Waals surface area contributed by atoms with Crippen molar-refractivity contribution < 1.29 is 9.15 Å². The molecule has 0 fully saturated rings. The summed E-state index contributed by atoms with van der Waals surface area (Å²) in [4.78, 5) is 11.4. The van der Waals surface area contributed by atoms with E-state index < -0.39 is 0 Å². The van der Waals surface area contributed by atoms with Crippen LogP contribution in [0.4, 0.5) is 0 Å². The van der Waals surface area contributed by atoms with E-state index in [0.717, 1.165) is 0 Å². The molecule has 0 aliphatic carbocycles. The molecule has 0 spiro atoms. The summed E-state index contributed by atoms with van der Waals surface area (Å²) in [5, 5.41) is 0.188. The molecule has 0 atom stereocenters. The summed E-state index contributed by atoms with van der Waals surface area (Å²) < 4.78 is 10.2. The SMILES string of the molecule is Clc1ncc(OCc2ncco2)cn1. The van der Waals surface area contributed by atoms with Gasteiger partial charge in [-0.05, 0) is 11.6 Å². The van der Waals surface area contributed by atoms with Gasteiger partial charge in [-0.3, -0.25) is 0 Å². The Balaban J connectivity index is 1.95. The van der Waals surface area contributed by atoms with Crippen LogP contribution in [0.1, 0.15) is 5.89 Å². The van der Waals surface area contributed by atoms with Crippen LogP contribution in [0.2, 0.25) is 5.28 Å². The van der Waals surface area contributed by atoms with Gasteiger partial charge in [0.1, 0.15) is 6.26 Å². The van der Waals surface area contributed by atoms with Gasteiger partial charge in [0.05, 0.1) is 18.6 Å². The first-order chi connectivity index (χ1) is 6.84. The molecule has 0 aromatic carbocycles. The van der Waals surface area contributed by atoms with Crippen molar-refractivity contribution in [3.05, 3.63) is 36.0 Å². The number of hydrogen-bond donors (Lipinski definition) is 0. The van der Waals surface area contributed by atoms with E-state index in [0.29, 0.717) is 11.6 Å². The van der Waals surface area contributed by atoms with Crippen molar-refractivity contribution in [1.82, 2.24) is 15.0 Å². The van der Waals surface area contributed by atoms with Crippen LogP contribution in [0.25, 0.3) is 0 Å². The first kappa shape index (κ1) is 8.96. The summed E-state index contributed by atoms with van der Waals surface area (Å²) in [5.41, 5.74) is 0. The molecule has 0 aliphatic rings. The highest BCUT2D eigenvalue weighted by atomic mass is 35.5. The largest absolute Gasteiger partial charge is 0.481 e. The molecule has 6 heteroatoms. The molecule has 0 N–H and O–H groups in total. The fourth-order valence-electron chi connectivity index (χ4n) is 0.844. The Morgan fingerprint density at radius 3 is 2.71 bits per heavy atom. The highest BCUT2D eigenvalue weighted by Crippen LogP contribution is 2.10. The fourth-order valence-corrected chi connectivity index (χ4v) is 0.942. The minimum Gasteiger partial charge on any atom is -0.481 e. The molecule has 0 unspecified atom stereocenters. The van der Waals surface area contributed by atoms with Gasteiger partial charge in [-0.15, -0.1) is 0 Å². The van der Waals surface area contributed by atoms with Crippen LogP contribution in [0.5, 0.6) is 5.75 Å². The van der Waals surface area contributed by atoms with E-state index >= 15 is 0 Å². The van der Waals surface area contributed by atoms with Crippen LogP contribution >= 0.6 is 11.6 Å². The zero-order valence-electron chi connectivity index (χ0n) is 7.05. The predicted octanol–water partition coefficient (Wildman–Crippen LogP) is 1.70. The van der Waals surface area contributed by atoms with Gasteiger partial charge in [0.15, 0.2) is 12.4 Å². The first-order valence-corrected chi connectivity index (χ1v) is 4.21. The van der Waals surface area contributed by atoms with Crippen molar-refractivity contribution in [1.29, 1.82) is 0 Å². The molecule has 2 aromatic rings. The summed E-state index contributed by atoms with van der Waals surface area (Å²) in [6, 6.07) is 0. The van der Waals surface area contributed by atoms with Gasteiger partial charge in [0, 0.05) is 0 Å². The van der Waals surface area contributed by atoms with Gasteiger partial charge in [-0.1, -0.05) is 0 Å². The van der Waals surface area contributed by atoms with E-state index in [-0.39, 0.29) is 11.9 Å². The van der Waals surface area contributed by atoms with Crippen LogP contribution in [0.3, 0.4) is 0 Å². The van der Waals surface area contributed by atoms with E-state index in [1.54, 1.807) is 6.20 Å². The molecule has 72 valence electrons. The molecule has 0 saturated carbocycles. The van der Waals surface area contributed by atoms with Gasteiger partial charge in [0.25, 0.3) is 0 Å². The maximum absolute atomic E-state index is 5.50. The van der Waals surface area contributed by atoms with Crippen molar-refractivity contribution in [3.63, 3.8) is 0 Å². The summed E-state index contributed by atoms with van der Waals surface area (Å²) in [5.74, 6) is 1.02. The van der Waals surface area contributed by atoms with Crippen LogP contribution in [-0.2, 0) is 6.61 Å². The van der Waals surface area contributed by atoms with E-state index in [1.807, 2.05) is 0 Å². The number of oxazole rings is 1. The van der Waals surface area contributed by atoms with Gasteiger partial charge in [-0.2, -0.15) is 0 Å². The Bertz CT molecular complexity index is 387. The number of halogens is 1. The molecule has 2 rings (SSSR count). The summed E-state index contributed by atoms with van der Waals surface area (Å²) in [7, 11) is 0. The fraction of sp³-hybridized carbons (Fsp3) is 0.125. The topological polar surface area (TPSA) is 61.0 Å². The van der Waals surface area contributed by atoms with Crippen LogP contribution < -0.4 is 4.74 Å². The third-order valence-corrected chi connectivity index (χ3v) is 1.64. The first-order valence-electron chi connectivity index (χ1n) is 3.83. The van der Waals surface area contributed by atoms with Crippen molar-refractivity contribution in [2.45, 2.75) is 6.61 Å². The monoisotopic (exact) mass is 211 g/mol. The third kappa shape index (κ3) is 2.20. The Kier molecular flexibility index (Phi) is 2.60. The van der Waals surface area contributed by atoms with Crippen LogP contribution in [0.15, 0.2) is 29.3 Å². The summed E-state index contributed by atoms with van der Waals surface area (Å²) >= 11 is 5.50. The highest BCUT2D eigenvalue weighted by molar-refractivity contribution is 6.28. The lowest BCUT2D eigenvalue weighted by atomic mass is 10.6. The lowest BCUT2D eigenvalue weighted by Crippen LogP contribution is -1.96. The predicted molar refractivity (Wildman–Crippen MR) is 47.9 cm³/mol. The Morgan fingerprint density at radius 2 is 2.07 bits per heavy atom. The average molecular weight is 212 g/mol. The molecule has 0 aliphatic heterocycles. The molecular weight excluding hydrogens is 206 g/mol. The minimum absolute atomic E-state index is 0.188. The van der Waals surface area contributed by atoms with Gasteiger partial charge < -0.3 is 9.15 Å². The normalized spacial score (nSPS) is 10.1. The number of hydrogen-bond acceptors (Lipinski definition) is 5. The van der Waals surface area contributed by atoms with Crippen molar-refractivity contribution >= 4 is 11.6 Å². The van der Waals surface area contributed by atoms with Crippen LogP contribution in [0, 0.1) is 0 Å². The molecule has 0 saturated heterocycles. The van der Waals surface area contributed by atoms with Gasteiger partial charge >= 0.3 is 0 Å². The quantitative estimate of drug-likeness (QED) is 0.723. The summed E-state index contributed by atoms with van der Waals surface area (Å²) in [6.45, 7) is 0.248. The Hall–Kier alpha value is -1.62.